The van der Waals surface area contributed by atoms with Crippen LogP contribution in [0.2, 0.25) is 0 Å². The number of carbonyl (C=O) groups is 1. The van der Waals surface area contributed by atoms with E-state index in [1.807, 2.05) is 25.1 Å². The van der Waals surface area contributed by atoms with Gasteiger partial charge >= 0.3 is 0 Å². The minimum absolute atomic E-state index is 0.0514. The van der Waals surface area contributed by atoms with Crippen LogP contribution in [0.1, 0.15) is 13.3 Å². The van der Waals surface area contributed by atoms with E-state index in [9.17, 15) is 13.2 Å². The van der Waals surface area contributed by atoms with E-state index < -0.39 is 15.3 Å². The number of ether oxygens (including phenoxy) is 1. The molecule has 1 unspecified atom stereocenters. The van der Waals surface area contributed by atoms with Crippen molar-refractivity contribution >= 4 is 42.6 Å². The summed E-state index contributed by atoms with van der Waals surface area (Å²) < 4.78 is 29.1. The Balaban J connectivity index is 1.92. The monoisotopic (exact) mass is 341 g/mol. The molecule has 22 heavy (non-hydrogen) atoms. The molecule has 0 aliphatic carbocycles. The maximum Gasteiger partial charge on any atom is 0.230 e. The Labute approximate surface area is 131 Å². The third-order valence-electron chi connectivity index (χ3n) is 3.44. The molecule has 0 radical (unpaired) electrons. The molecule has 0 spiro atoms. The van der Waals surface area contributed by atoms with Crippen molar-refractivity contribution in [3.05, 3.63) is 18.2 Å². The molecule has 3 rings (SSSR count). The van der Waals surface area contributed by atoms with Crippen LogP contribution in [-0.4, -0.2) is 37.7 Å². The van der Waals surface area contributed by atoms with Crippen molar-refractivity contribution in [1.29, 1.82) is 0 Å². The molecule has 2 aromatic rings. The Bertz CT molecular complexity index is 831. The highest BCUT2D eigenvalue weighted by molar-refractivity contribution is 7.89. The number of fused-ring (bicyclic) bond motifs is 1. The second-order valence-corrected chi connectivity index (χ2v) is 7.83. The minimum atomic E-state index is -3.73. The molecule has 0 bridgehead atoms. The molecule has 1 aliphatic rings. The van der Waals surface area contributed by atoms with Gasteiger partial charge in [0, 0.05) is 13.0 Å². The van der Waals surface area contributed by atoms with E-state index in [2.05, 4.69) is 4.98 Å². The molecule has 1 fully saturated rings. The summed E-state index contributed by atoms with van der Waals surface area (Å²) in [5.74, 6) is 0.462. The number of nitrogens with zero attached hydrogens (tertiary/aromatic N) is 2. The Morgan fingerprint density at radius 3 is 2.91 bits per heavy atom. The zero-order valence-electron chi connectivity index (χ0n) is 11.9. The van der Waals surface area contributed by atoms with E-state index in [-0.39, 0.29) is 18.9 Å². The van der Waals surface area contributed by atoms with Gasteiger partial charge in [-0.1, -0.05) is 11.3 Å². The summed E-state index contributed by atoms with van der Waals surface area (Å²) in [7, 11) is -3.73. The zero-order valence-corrected chi connectivity index (χ0v) is 13.5. The average Bonchev–Trinajstić information content (AvgIpc) is 3.01. The highest BCUT2D eigenvalue weighted by Crippen LogP contribution is 2.34. The molecule has 1 aliphatic heterocycles. The Morgan fingerprint density at radius 2 is 2.27 bits per heavy atom. The van der Waals surface area contributed by atoms with Gasteiger partial charge in [-0.2, -0.15) is 0 Å². The molecule has 1 saturated heterocycles. The molecule has 0 saturated carbocycles. The first-order valence-electron chi connectivity index (χ1n) is 6.74. The number of anilines is 1. The number of hydrogen-bond donors (Lipinski definition) is 1. The molecule has 7 nitrogen and oxygen atoms in total. The van der Waals surface area contributed by atoms with Crippen LogP contribution in [0.15, 0.2) is 18.2 Å². The summed E-state index contributed by atoms with van der Waals surface area (Å²) in [4.78, 5) is 17.8. The Morgan fingerprint density at radius 1 is 1.50 bits per heavy atom. The van der Waals surface area contributed by atoms with Gasteiger partial charge < -0.3 is 4.74 Å². The maximum absolute atomic E-state index is 12.0. The lowest BCUT2D eigenvalue weighted by Gasteiger charge is -2.11. The predicted octanol–water partition coefficient (Wildman–Crippen LogP) is 1.09. The van der Waals surface area contributed by atoms with E-state index in [0.717, 1.165) is 16.0 Å². The van der Waals surface area contributed by atoms with E-state index >= 15 is 0 Å². The largest absolute Gasteiger partial charge is 0.494 e. The maximum atomic E-state index is 12.0. The van der Waals surface area contributed by atoms with Crippen molar-refractivity contribution in [3.8, 4) is 5.75 Å². The SMILES string of the molecule is CCOc1ccc2nc(N3CC(S(N)(=O)=O)CC3=O)sc2c1. The molecular formula is C13H15N3O4S2. The van der Waals surface area contributed by atoms with Gasteiger partial charge in [0.05, 0.1) is 16.8 Å². The Kier molecular flexibility index (Phi) is 3.79. The normalized spacial score (nSPS) is 19.1. The quantitative estimate of drug-likeness (QED) is 0.897. The summed E-state index contributed by atoms with van der Waals surface area (Å²) in [5.41, 5.74) is 0.746. The minimum Gasteiger partial charge on any atom is -0.494 e. The summed E-state index contributed by atoms with van der Waals surface area (Å²) in [5, 5.41) is 4.75. The lowest BCUT2D eigenvalue weighted by atomic mass is 10.3. The van der Waals surface area contributed by atoms with Gasteiger partial charge in [-0.15, -0.1) is 0 Å². The van der Waals surface area contributed by atoms with E-state index in [0.29, 0.717) is 11.7 Å². The van der Waals surface area contributed by atoms with Gasteiger partial charge in [-0.05, 0) is 25.1 Å². The van der Waals surface area contributed by atoms with Crippen molar-refractivity contribution in [1.82, 2.24) is 4.98 Å². The number of hydrogen-bond acceptors (Lipinski definition) is 6. The summed E-state index contributed by atoms with van der Waals surface area (Å²) in [6.07, 6.45) is -0.0983. The molecule has 1 amide bonds. The molecular weight excluding hydrogens is 326 g/mol. The molecule has 9 heteroatoms. The van der Waals surface area contributed by atoms with Gasteiger partial charge in [0.25, 0.3) is 0 Å². The topological polar surface area (TPSA) is 103 Å². The first-order valence-corrected chi connectivity index (χ1v) is 9.16. The van der Waals surface area contributed by atoms with Crippen LogP contribution in [0.25, 0.3) is 10.2 Å². The van der Waals surface area contributed by atoms with E-state index in [4.69, 9.17) is 9.88 Å². The number of rotatable bonds is 4. The van der Waals surface area contributed by atoms with Crippen LogP contribution in [0.3, 0.4) is 0 Å². The zero-order chi connectivity index (χ0) is 15.9. The molecule has 2 N–H and O–H groups in total. The standard InChI is InChI=1S/C13H15N3O4S2/c1-2-20-8-3-4-10-11(5-8)21-13(15-10)16-7-9(6-12(16)17)22(14,18)19/h3-5,9H,2,6-7H2,1H3,(H2,14,18,19). The highest BCUT2D eigenvalue weighted by Gasteiger charge is 2.38. The summed E-state index contributed by atoms with van der Waals surface area (Å²) >= 11 is 1.33. The van der Waals surface area contributed by atoms with Gasteiger partial charge in [0.1, 0.15) is 11.0 Å². The third-order valence-corrected chi connectivity index (χ3v) is 5.73. The lowest BCUT2D eigenvalue weighted by molar-refractivity contribution is -0.117. The number of sulfonamides is 1. The molecule has 1 atom stereocenters. The van der Waals surface area contributed by atoms with Crippen LogP contribution in [0.4, 0.5) is 5.13 Å². The number of primary sulfonamides is 1. The van der Waals surface area contributed by atoms with Gasteiger partial charge in [0.2, 0.25) is 15.9 Å². The number of amides is 1. The second kappa shape index (κ2) is 5.49. The van der Waals surface area contributed by atoms with Crippen LogP contribution in [-0.2, 0) is 14.8 Å². The van der Waals surface area contributed by atoms with Gasteiger partial charge in [-0.25, -0.2) is 18.5 Å². The third kappa shape index (κ3) is 2.79. The average molecular weight is 341 g/mol. The van der Waals surface area contributed by atoms with E-state index in [1.54, 1.807) is 0 Å². The van der Waals surface area contributed by atoms with Crippen molar-refractivity contribution in [2.45, 2.75) is 18.6 Å². The summed E-state index contributed by atoms with van der Waals surface area (Å²) in [6, 6.07) is 5.49. The number of carbonyl (C=O) groups excluding carboxylic acids is 1. The van der Waals surface area contributed by atoms with Gasteiger partial charge in [0.15, 0.2) is 5.13 Å². The van der Waals surface area contributed by atoms with Crippen molar-refractivity contribution < 1.29 is 17.9 Å². The van der Waals surface area contributed by atoms with Crippen molar-refractivity contribution in [2.24, 2.45) is 5.14 Å². The number of nitrogens with two attached hydrogens (primary N) is 1. The van der Waals surface area contributed by atoms with Gasteiger partial charge in [-0.3, -0.25) is 9.69 Å². The van der Waals surface area contributed by atoms with Crippen LogP contribution in [0.5, 0.6) is 5.75 Å². The van der Waals surface area contributed by atoms with Crippen molar-refractivity contribution in [2.75, 3.05) is 18.1 Å². The number of thiazole rings is 1. The fourth-order valence-corrected chi connectivity index (χ4v) is 4.10. The second-order valence-electron chi connectivity index (χ2n) is 4.98. The highest BCUT2D eigenvalue weighted by atomic mass is 32.2. The molecule has 118 valence electrons. The summed E-state index contributed by atoms with van der Waals surface area (Å²) in [6.45, 7) is 2.52. The first-order chi connectivity index (χ1) is 10.4. The Hall–Kier alpha value is -1.71. The molecule has 2 heterocycles. The van der Waals surface area contributed by atoms with Crippen LogP contribution < -0.4 is 14.8 Å². The number of benzene rings is 1. The fraction of sp³-hybridized carbons (Fsp3) is 0.385. The molecule has 1 aromatic heterocycles. The molecule has 1 aromatic carbocycles. The van der Waals surface area contributed by atoms with E-state index in [1.165, 1.54) is 16.2 Å². The smallest absolute Gasteiger partial charge is 0.230 e. The predicted molar refractivity (Wildman–Crippen MR) is 84.7 cm³/mol. The first kappa shape index (κ1) is 15.2. The lowest BCUT2D eigenvalue weighted by Crippen LogP contribution is -2.32. The van der Waals surface area contributed by atoms with Crippen LogP contribution in [0, 0.1) is 0 Å². The number of aromatic nitrogens is 1. The fourth-order valence-electron chi connectivity index (χ4n) is 2.34. The van der Waals surface area contributed by atoms with Crippen LogP contribution >= 0.6 is 11.3 Å². The van der Waals surface area contributed by atoms with Crippen molar-refractivity contribution in [3.63, 3.8) is 0 Å².